The molecular weight excluding hydrogens is 189 g/mol. The summed E-state index contributed by atoms with van der Waals surface area (Å²) < 4.78 is 4.71. The predicted octanol–water partition coefficient (Wildman–Crippen LogP) is 1.86. The molecule has 1 heterocycles. The molecule has 0 N–H and O–H groups in total. The van der Waals surface area contributed by atoms with Gasteiger partial charge in [-0.1, -0.05) is 20.8 Å². The number of hydrogen-bond acceptors (Lipinski definition) is 2. The van der Waals surface area contributed by atoms with Crippen molar-refractivity contribution in [2.24, 2.45) is 17.8 Å². The highest BCUT2D eigenvalue weighted by molar-refractivity contribution is 6.12. The van der Waals surface area contributed by atoms with Crippen molar-refractivity contribution in [3.8, 4) is 0 Å². The molecule has 3 atom stereocenters. The molecule has 1 aliphatic rings. The maximum absolute atomic E-state index is 11.4. The minimum atomic E-state index is -0.309. The zero-order valence-electron chi connectivity index (χ0n) is 10.1. The number of hydrogen-bond donors (Lipinski definition) is 0. The van der Waals surface area contributed by atoms with E-state index in [-0.39, 0.29) is 12.0 Å². The third-order valence-corrected chi connectivity index (χ3v) is 3.40. The van der Waals surface area contributed by atoms with Crippen LogP contribution in [0.15, 0.2) is 0 Å². The van der Waals surface area contributed by atoms with Crippen LogP contribution >= 0.6 is 0 Å². The van der Waals surface area contributed by atoms with Gasteiger partial charge in [0.1, 0.15) is 0 Å². The van der Waals surface area contributed by atoms with E-state index in [4.69, 9.17) is 12.6 Å². The van der Waals surface area contributed by atoms with E-state index in [9.17, 15) is 4.79 Å². The predicted molar refractivity (Wildman–Crippen MR) is 60.8 cm³/mol. The van der Waals surface area contributed by atoms with Gasteiger partial charge >= 0.3 is 6.09 Å². The summed E-state index contributed by atoms with van der Waals surface area (Å²) in [6, 6.07) is 0. The number of carbonyl (C=O) groups is 1. The molecule has 0 saturated carbocycles. The van der Waals surface area contributed by atoms with Crippen LogP contribution < -0.4 is 0 Å². The van der Waals surface area contributed by atoms with Gasteiger partial charge in [0.25, 0.3) is 0 Å². The van der Waals surface area contributed by atoms with Crippen molar-refractivity contribution in [2.75, 3.05) is 13.7 Å². The second-order valence-electron chi connectivity index (χ2n) is 4.81. The second kappa shape index (κ2) is 4.91. The Hall–Kier alpha value is -0.665. The topological polar surface area (TPSA) is 29.5 Å². The Kier molecular flexibility index (Phi) is 4.06. The van der Waals surface area contributed by atoms with Gasteiger partial charge in [0.05, 0.1) is 15.0 Å². The molecule has 0 bridgehead atoms. The SMILES string of the molecule is [B]C1CC(C(C)C)C(C)CN1C(=O)OC. The molecule has 15 heavy (non-hydrogen) atoms. The van der Waals surface area contributed by atoms with Gasteiger partial charge in [-0.3, -0.25) is 0 Å². The second-order valence-corrected chi connectivity index (χ2v) is 4.81. The normalized spacial score (nSPS) is 31.8. The van der Waals surface area contributed by atoms with Crippen molar-refractivity contribution in [2.45, 2.75) is 33.1 Å². The van der Waals surface area contributed by atoms with Crippen LogP contribution in [0.4, 0.5) is 4.79 Å². The fourth-order valence-electron chi connectivity index (χ4n) is 2.48. The number of nitrogens with zero attached hydrogens (tertiary/aromatic N) is 1. The van der Waals surface area contributed by atoms with Gasteiger partial charge in [-0.15, -0.1) is 0 Å². The minimum Gasteiger partial charge on any atom is -0.453 e. The van der Waals surface area contributed by atoms with Gasteiger partial charge in [0.15, 0.2) is 0 Å². The molecule has 0 aromatic heterocycles. The van der Waals surface area contributed by atoms with Gasteiger partial charge in [0, 0.05) is 6.54 Å². The molecular formula is C11H20BNO2. The van der Waals surface area contributed by atoms with Crippen LogP contribution in [0.25, 0.3) is 0 Å². The quantitative estimate of drug-likeness (QED) is 0.617. The molecule has 1 amide bonds. The lowest BCUT2D eigenvalue weighted by Gasteiger charge is -2.42. The number of rotatable bonds is 1. The minimum absolute atomic E-state index is 0.193. The Balaban J connectivity index is 2.66. The summed E-state index contributed by atoms with van der Waals surface area (Å²) in [6.45, 7) is 7.30. The Morgan fingerprint density at radius 3 is 2.60 bits per heavy atom. The van der Waals surface area contributed by atoms with E-state index in [0.29, 0.717) is 24.3 Å². The van der Waals surface area contributed by atoms with Crippen LogP contribution in [0.3, 0.4) is 0 Å². The third kappa shape index (κ3) is 2.67. The Morgan fingerprint density at radius 1 is 1.53 bits per heavy atom. The van der Waals surface area contributed by atoms with Crippen LogP contribution in [0, 0.1) is 17.8 Å². The highest BCUT2D eigenvalue weighted by atomic mass is 16.5. The lowest BCUT2D eigenvalue weighted by atomic mass is 9.71. The number of piperidine rings is 1. The zero-order chi connectivity index (χ0) is 11.6. The first-order valence-corrected chi connectivity index (χ1v) is 5.57. The van der Waals surface area contributed by atoms with E-state index in [0.717, 1.165) is 6.42 Å². The van der Waals surface area contributed by atoms with Gasteiger partial charge in [-0.2, -0.15) is 0 Å². The van der Waals surface area contributed by atoms with E-state index >= 15 is 0 Å². The summed E-state index contributed by atoms with van der Waals surface area (Å²) in [6.07, 6.45) is 0.560. The van der Waals surface area contributed by atoms with E-state index in [2.05, 4.69) is 20.8 Å². The number of carbonyl (C=O) groups excluding carboxylic acids is 1. The van der Waals surface area contributed by atoms with Crippen LogP contribution in [-0.4, -0.2) is 38.4 Å². The molecule has 2 radical (unpaired) electrons. The van der Waals surface area contributed by atoms with Crippen LogP contribution in [0.2, 0.25) is 0 Å². The first-order valence-electron chi connectivity index (χ1n) is 5.57. The standard InChI is InChI=1S/C11H20BNO2/c1-7(2)9-5-10(12)13(6-8(9)3)11(14)15-4/h7-10H,5-6H2,1-4H3. The van der Waals surface area contributed by atoms with Gasteiger partial charge in [0.2, 0.25) is 0 Å². The lowest BCUT2D eigenvalue weighted by molar-refractivity contribution is 0.0635. The molecule has 0 aromatic carbocycles. The maximum Gasteiger partial charge on any atom is 0.409 e. The summed E-state index contributed by atoms with van der Waals surface area (Å²) in [5.74, 6) is 1.51. The monoisotopic (exact) mass is 209 g/mol. The van der Waals surface area contributed by atoms with Crippen molar-refractivity contribution >= 4 is 13.9 Å². The number of methoxy groups -OCH3 is 1. The summed E-state index contributed by atoms with van der Waals surface area (Å²) >= 11 is 0. The molecule has 84 valence electrons. The average Bonchev–Trinajstić information content (AvgIpc) is 2.19. The van der Waals surface area contributed by atoms with Gasteiger partial charge in [-0.25, -0.2) is 4.79 Å². The maximum atomic E-state index is 11.4. The molecule has 4 heteroatoms. The van der Waals surface area contributed by atoms with Gasteiger partial charge in [-0.05, 0) is 30.1 Å². The molecule has 1 rings (SSSR count). The van der Waals surface area contributed by atoms with Crippen LogP contribution in [-0.2, 0) is 4.74 Å². The summed E-state index contributed by atoms with van der Waals surface area (Å²) in [4.78, 5) is 13.1. The Labute approximate surface area is 93.6 Å². The third-order valence-electron chi connectivity index (χ3n) is 3.40. The first-order chi connectivity index (χ1) is 6.97. The van der Waals surface area contributed by atoms with Crippen molar-refractivity contribution in [1.82, 2.24) is 4.90 Å². The molecule has 1 fully saturated rings. The first kappa shape index (κ1) is 12.4. The number of amides is 1. The van der Waals surface area contributed by atoms with Crippen LogP contribution in [0.1, 0.15) is 27.2 Å². The summed E-state index contributed by atoms with van der Waals surface area (Å²) in [5, 5.41) is 0. The summed E-state index contributed by atoms with van der Waals surface area (Å²) in [7, 11) is 7.37. The van der Waals surface area contributed by atoms with E-state index in [1.165, 1.54) is 7.11 Å². The Morgan fingerprint density at radius 2 is 2.13 bits per heavy atom. The van der Waals surface area contributed by atoms with E-state index < -0.39 is 0 Å². The number of ether oxygens (including phenoxy) is 1. The zero-order valence-corrected chi connectivity index (χ0v) is 10.1. The van der Waals surface area contributed by atoms with E-state index in [1.54, 1.807) is 4.90 Å². The molecule has 1 saturated heterocycles. The molecule has 3 unspecified atom stereocenters. The highest BCUT2D eigenvalue weighted by Crippen LogP contribution is 2.32. The lowest BCUT2D eigenvalue weighted by Crippen LogP contribution is -2.50. The largest absolute Gasteiger partial charge is 0.453 e. The van der Waals surface area contributed by atoms with Crippen LogP contribution in [0.5, 0.6) is 0 Å². The van der Waals surface area contributed by atoms with Gasteiger partial charge < -0.3 is 9.64 Å². The fourth-order valence-corrected chi connectivity index (χ4v) is 2.48. The smallest absolute Gasteiger partial charge is 0.409 e. The molecule has 0 spiro atoms. The summed E-state index contributed by atoms with van der Waals surface area (Å²) in [5.41, 5.74) is 0. The Bertz CT molecular complexity index is 233. The molecule has 0 aliphatic carbocycles. The van der Waals surface area contributed by atoms with Crippen molar-refractivity contribution < 1.29 is 9.53 Å². The fraction of sp³-hybridized carbons (Fsp3) is 0.909. The average molecular weight is 209 g/mol. The van der Waals surface area contributed by atoms with Crippen molar-refractivity contribution in [3.63, 3.8) is 0 Å². The molecule has 3 nitrogen and oxygen atoms in total. The highest BCUT2D eigenvalue weighted by Gasteiger charge is 2.34. The molecule has 1 aliphatic heterocycles. The van der Waals surface area contributed by atoms with Crippen molar-refractivity contribution in [3.05, 3.63) is 0 Å². The molecule has 0 aromatic rings. The number of likely N-dealkylation sites (tertiary alicyclic amines) is 1. The van der Waals surface area contributed by atoms with E-state index in [1.807, 2.05) is 0 Å². The van der Waals surface area contributed by atoms with Crippen molar-refractivity contribution in [1.29, 1.82) is 0 Å².